The standard InChI is InChI=1S/C5H7N7/c6-1-3-4(7)9-2-10-5(3)11-12-8/h1-2,6H,(H4,7,8,9,10,11). The van der Waals surface area contributed by atoms with Crippen LogP contribution in [0.4, 0.5) is 11.6 Å². The van der Waals surface area contributed by atoms with Crippen LogP contribution in [-0.2, 0) is 0 Å². The predicted octanol–water partition coefficient (Wildman–Crippen LogP) is 0.0139. The lowest BCUT2D eigenvalue weighted by molar-refractivity contribution is 1.02. The Hall–Kier alpha value is -2.05. The van der Waals surface area contributed by atoms with Crippen molar-refractivity contribution >= 4 is 17.9 Å². The molecule has 0 radical (unpaired) electrons. The van der Waals surface area contributed by atoms with Crippen molar-refractivity contribution in [2.45, 2.75) is 0 Å². The molecular weight excluding hydrogens is 158 g/mol. The molecule has 7 nitrogen and oxygen atoms in total. The van der Waals surface area contributed by atoms with Crippen molar-refractivity contribution in [2.75, 3.05) is 5.73 Å². The molecule has 0 aliphatic carbocycles. The van der Waals surface area contributed by atoms with Crippen LogP contribution in [0.2, 0.25) is 0 Å². The van der Waals surface area contributed by atoms with Gasteiger partial charge in [-0.05, 0) is 0 Å². The number of anilines is 1. The molecule has 0 saturated carbocycles. The van der Waals surface area contributed by atoms with E-state index in [1.165, 1.54) is 6.33 Å². The Morgan fingerprint density at radius 3 is 2.83 bits per heavy atom. The Kier molecular flexibility index (Phi) is 2.26. The maximum absolute atomic E-state index is 6.98. The molecule has 0 aliphatic rings. The Labute approximate surface area is 68.0 Å². The Balaban J connectivity index is 3.27. The van der Waals surface area contributed by atoms with Gasteiger partial charge in [-0.3, -0.25) is 0 Å². The lowest BCUT2D eigenvalue weighted by Gasteiger charge is -1.98. The first-order chi connectivity index (χ1) is 5.79. The highest BCUT2D eigenvalue weighted by molar-refractivity contribution is 5.88. The van der Waals surface area contributed by atoms with Crippen molar-refractivity contribution < 1.29 is 0 Å². The van der Waals surface area contributed by atoms with Gasteiger partial charge in [0.2, 0.25) is 0 Å². The third-order valence-corrected chi connectivity index (χ3v) is 1.19. The molecule has 0 spiro atoms. The molecule has 5 N–H and O–H groups in total. The average molecular weight is 165 g/mol. The summed E-state index contributed by atoms with van der Waals surface area (Å²) in [6.07, 6.45) is 2.23. The second kappa shape index (κ2) is 3.37. The Morgan fingerprint density at radius 1 is 1.50 bits per heavy atom. The van der Waals surface area contributed by atoms with E-state index in [0.717, 1.165) is 6.21 Å². The fourth-order valence-electron chi connectivity index (χ4n) is 0.672. The fourth-order valence-corrected chi connectivity index (χ4v) is 0.672. The molecule has 0 amide bonds. The van der Waals surface area contributed by atoms with Gasteiger partial charge in [0.15, 0.2) is 5.82 Å². The third-order valence-electron chi connectivity index (χ3n) is 1.19. The zero-order valence-corrected chi connectivity index (χ0v) is 6.10. The second-order valence-corrected chi connectivity index (χ2v) is 1.86. The minimum absolute atomic E-state index is 0.183. The lowest BCUT2D eigenvalue weighted by Crippen LogP contribution is -1.98. The van der Waals surface area contributed by atoms with Crippen molar-refractivity contribution in [3.05, 3.63) is 11.9 Å². The summed E-state index contributed by atoms with van der Waals surface area (Å²) in [7, 11) is 0. The topological polar surface area (TPSA) is 126 Å². The quantitative estimate of drug-likeness (QED) is 0.247. The summed E-state index contributed by atoms with van der Waals surface area (Å²) in [6, 6.07) is 0. The highest BCUT2D eigenvalue weighted by Gasteiger charge is 2.04. The van der Waals surface area contributed by atoms with E-state index in [0.29, 0.717) is 5.56 Å². The van der Waals surface area contributed by atoms with E-state index in [1.54, 1.807) is 0 Å². The predicted molar refractivity (Wildman–Crippen MR) is 43.0 cm³/mol. The second-order valence-electron chi connectivity index (χ2n) is 1.86. The summed E-state index contributed by atoms with van der Waals surface area (Å²) in [5.74, 6) is 5.19. The number of nitrogen functional groups attached to an aromatic ring is 1. The Bertz CT molecular complexity index is 318. The largest absolute Gasteiger partial charge is 0.383 e. The number of hydrogen-bond donors (Lipinski definition) is 3. The molecule has 0 fully saturated rings. The third kappa shape index (κ3) is 1.34. The molecular formula is C5H7N7. The van der Waals surface area contributed by atoms with E-state index in [4.69, 9.17) is 17.0 Å². The summed E-state index contributed by atoms with van der Waals surface area (Å²) < 4.78 is 0. The van der Waals surface area contributed by atoms with Gasteiger partial charge in [0, 0.05) is 6.21 Å². The van der Waals surface area contributed by atoms with Crippen LogP contribution >= 0.6 is 0 Å². The van der Waals surface area contributed by atoms with Gasteiger partial charge in [-0.15, -0.1) is 5.11 Å². The number of hydrogen-bond acceptors (Lipinski definition) is 6. The van der Waals surface area contributed by atoms with Gasteiger partial charge < -0.3 is 17.0 Å². The van der Waals surface area contributed by atoms with E-state index >= 15 is 0 Å². The number of rotatable bonds is 2. The normalized spacial score (nSPS) is 10.3. The number of nitrogens with two attached hydrogens (primary N) is 2. The molecule has 62 valence electrons. The molecule has 0 saturated heterocycles. The van der Waals surface area contributed by atoms with Crippen molar-refractivity contribution in [3.63, 3.8) is 0 Å². The van der Waals surface area contributed by atoms with Crippen LogP contribution in [0, 0.1) is 5.41 Å². The first-order valence-corrected chi connectivity index (χ1v) is 3.01. The SMILES string of the molecule is N=Cc1c(N)ncnc1N=NN. The summed E-state index contributed by atoms with van der Waals surface area (Å²) in [6.45, 7) is 0. The zero-order valence-electron chi connectivity index (χ0n) is 6.10. The van der Waals surface area contributed by atoms with E-state index in [9.17, 15) is 0 Å². The first kappa shape index (κ1) is 8.05. The molecule has 1 rings (SSSR count). The lowest BCUT2D eigenvalue weighted by atomic mass is 10.3. The molecule has 12 heavy (non-hydrogen) atoms. The van der Waals surface area contributed by atoms with Gasteiger partial charge in [0.05, 0.1) is 5.56 Å². The zero-order chi connectivity index (χ0) is 8.97. The minimum atomic E-state index is 0.183. The van der Waals surface area contributed by atoms with Gasteiger partial charge in [-0.2, -0.15) is 0 Å². The van der Waals surface area contributed by atoms with Gasteiger partial charge in [-0.25, -0.2) is 9.97 Å². The van der Waals surface area contributed by atoms with E-state index in [1.807, 2.05) is 0 Å². The summed E-state index contributed by atoms with van der Waals surface area (Å²) in [4.78, 5) is 7.38. The maximum Gasteiger partial charge on any atom is 0.190 e. The van der Waals surface area contributed by atoms with Crippen LogP contribution in [0.15, 0.2) is 16.7 Å². The smallest absolute Gasteiger partial charge is 0.190 e. The first-order valence-electron chi connectivity index (χ1n) is 3.01. The molecule has 0 bridgehead atoms. The monoisotopic (exact) mass is 165 g/mol. The summed E-state index contributed by atoms with van der Waals surface area (Å²) in [5, 5.41) is 13.5. The number of aromatic nitrogens is 2. The van der Waals surface area contributed by atoms with Crippen LogP contribution in [0.3, 0.4) is 0 Å². The maximum atomic E-state index is 6.98. The molecule has 1 aromatic rings. The molecule has 1 aromatic heterocycles. The molecule has 0 unspecified atom stereocenters. The molecule has 0 aromatic carbocycles. The van der Waals surface area contributed by atoms with Crippen molar-refractivity contribution in [3.8, 4) is 0 Å². The van der Waals surface area contributed by atoms with Crippen LogP contribution in [0.1, 0.15) is 5.56 Å². The average Bonchev–Trinajstić information content (AvgIpc) is 2.05. The summed E-state index contributed by atoms with van der Waals surface area (Å²) >= 11 is 0. The van der Waals surface area contributed by atoms with Crippen LogP contribution < -0.4 is 11.6 Å². The van der Waals surface area contributed by atoms with Gasteiger partial charge in [0.1, 0.15) is 12.1 Å². The Morgan fingerprint density at radius 2 is 2.25 bits per heavy atom. The van der Waals surface area contributed by atoms with Crippen LogP contribution in [0.25, 0.3) is 0 Å². The molecule has 0 aliphatic heterocycles. The van der Waals surface area contributed by atoms with E-state index < -0.39 is 0 Å². The van der Waals surface area contributed by atoms with Crippen LogP contribution in [0.5, 0.6) is 0 Å². The van der Waals surface area contributed by atoms with E-state index in [-0.39, 0.29) is 11.6 Å². The van der Waals surface area contributed by atoms with Crippen LogP contribution in [-0.4, -0.2) is 16.2 Å². The van der Waals surface area contributed by atoms with Crippen molar-refractivity contribution in [1.29, 1.82) is 5.41 Å². The number of nitrogens with one attached hydrogen (secondary N) is 1. The van der Waals surface area contributed by atoms with E-state index in [2.05, 4.69) is 20.3 Å². The van der Waals surface area contributed by atoms with Crippen molar-refractivity contribution in [1.82, 2.24) is 9.97 Å². The number of nitrogens with zero attached hydrogens (tertiary/aromatic N) is 4. The van der Waals surface area contributed by atoms with Gasteiger partial charge in [0.25, 0.3) is 0 Å². The molecule has 0 atom stereocenters. The highest BCUT2D eigenvalue weighted by Crippen LogP contribution is 2.16. The highest BCUT2D eigenvalue weighted by atomic mass is 15.3. The van der Waals surface area contributed by atoms with Gasteiger partial charge in [-0.1, -0.05) is 5.22 Å². The van der Waals surface area contributed by atoms with Gasteiger partial charge >= 0.3 is 0 Å². The molecule has 1 heterocycles. The fraction of sp³-hybridized carbons (Fsp3) is 0. The summed E-state index contributed by atoms with van der Waals surface area (Å²) in [5.41, 5.74) is 5.73. The molecule has 7 heteroatoms. The van der Waals surface area contributed by atoms with Crippen molar-refractivity contribution in [2.24, 2.45) is 16.2 Å². The minimum Gasteiger partial charge on any atom is -0.383 e.